The van der Waals surface area contributed by atoms with E-state index in [1.54, 1.807) is 24.3 Å². The van der Waals surface area contributed by atoms with Gasteiger partial charge in [-0.3, -0.25) is 0 Å². The van der Waals surface area contributed by atoms with E-state index in [4.69, 9.17) is 33.2 Å². The van der Waals surface area contributed by atoms with Crippen molar-refractivity contribution in [2.24, 2.45) is 0 Å². The molecule has 5 heteroatoms. The summed E-state index contributed by atoms with van der Waals surface area (Å²) in [5.74, 6) is -0.129. The highest BCUT2D eigenvalue weighted by molar-refractivity contribution is 6.30. The van der Waals surface area contributed by atoms with E-state index in [1.807, 2.05) is 6.07 Å². The van der Waals surface area contributed by atoms with Gasteiger partial charge < -0.3 is 4.74 Å². The topological polar surface area (TPSA) is 33.0 Å². The maximum Gasteiger partial charge on any atom is 0.184 e. The lowest BCUT2D eigenvalue weighted by Gasteiger charge is -2.09. The molecular weight excluding hydrogens is 288 g/mol. The van der Waals surface area contributed by atoms with Gasteiger partial charge in [-0.05, 0) is 29.8 Å². The summed E-state index contributed by atoms with van der Waals surface area (Å²) in [6.45, 7) is 0. The maximum atomic E-state index is 13.7. The fraction of sp³-hybridized carbons (Fsp3) is 0.0714. The van der Waals surface area contributed by atoms with Gasteiger partial charge in [-0.15, -0.1) is 11.6 Å². The molecule has 0 aliphatic heterocycles. The molecular formula is C14H8Cl2FNO. The van der Waals surface area contributed by atoms with Crippen LogP contribution in [0, 0.1) is 17.1 Å². The fourth-order valence-electron chi connectivity index (χ4n) is 1.52. The van der Waals surface area contributed by atoms with Gasteiger partial charge in [0.15, 0.2) is 11.6 Å². The molecule has 0 aromatic heterocycles. The molecule has 2 aromatic rings. The van der Waals surface area contributed by atoms with Crippen LogP contribution in [0.5, 0.6) is 11.5 Å². The first-order valence-corrected chi connectivity index (χ1v) is 6.28. The van der Waals surface area contributed by atoms with E-state index < -0.39 is 5.82 Å². The average molecular weight is 296 g/mol. The summed E-state index contributed by atoms with van der Waals surface area (Å²) in [6, 6.07) is 11.3. The van der Waals surface area contributed by atoms with Gasteiger partial charge >= 0.3 is 0 Å². The Morgan fingerprint density at radius 3 is 2.68 bits per heavy atom. The van der Waals surface area contributed by atoms with Crippen LogP contribution in [-0.2, 0) is 5.88 Å². The van der Waals surface area contributed by atoms with Crippen LogP contribution in [0.3, 0.4) is 0 Å². The number of halogens is 3. The van der Waals surface area contributed by atoms with Gasteiger partial charge in [0.1, 0.15) is 11.8 Å². The molecule has 0 spiro atoms. The van der Waals surface area contributed by atoms with Crippen molar-refractivity contribution < 1.29 is 9.13 Å². The van der Waals surface area contributed by atoms with Gasteiger partial charge in [0.2, 0.25) is 0 Å². The third kappa shape index (κ3) is 2.98. The molecule has 0 aliphatic rings. The van der Waals surface area contributed by atoms with E-state index in [0.717, 1.165) is 5.56 Å². The van der Waals surface area contributed by atoms with Gasteiger partial charge in [-0.2, -0.15) is 5.26 Å². The van der Waals surface area contributed by atoms with E-state index in [0.29, 0.717) is 5.88 Å². The molecule has 0 aliphatic carbocycles. The summed E-state index contributed by atoms with van der Waals surface area (Å²) in [5, 5.41) is 9.01. The predicted molar refractivity (Wildman–Crippen MR) is 72.2 cm³/mol. The number of hydrogen-bond acceptors (Lipinski definition) is 2. The molecule has 2 nitrogen and oxygen atoms in total. The number of alkyl halides is 1. The van der Waals surface area contributed by atoms with Crippen molar-refractivity contribution in [1.82, 2.24) is 0 Å². The second-order valence-corrected chi connectivity index (χ2v) is 4.40. The average Bonchev–Trinajstić information content (AvgIpc) is 2.44. The molecule has 0 radical (unpaired) electrons. The molecule has 96 valence electrons. The number of benzene rings is 2. The summed E-state index contributed by atoms with van der Waals surface area (Å²) in [6.07, 6.45) is 0. The molecule has 0 saturated carbocycles. The van der Waals surface area contributed by atoms with E-state index in [9.17, 15) is 4.39 Å². The van der Waals surface area contributed by atoms with E-state index >= 15 is 0 Å². The van der Waals surface area contributed by atoms with Crippen LogP contribution in [0.25, 0.3) is 0 Å². The van der Waals surface area contributed by atoms with Crippen molar-refractivity contribution in [3.8, 4) is 17.6 Å². The summed E-state index contributed by atoms with van der Waals surface area (Å²) in [5.41, 5.74) is 1.08. The number of ether oxygens (including phenoxy) is 1. The first-order valence-electron chi connectivity index (χ1n) is 5.36. The molecule has 0 bridgehead atoms. The summed E-state index contributed by atoms with van der Waals surface area (Å²) >= 11 is 11.4. The summed E-state index contributed by atoms with van der Waals surface area (Å²) in [4.78, 5) is 0. The van der Waals surface area contributed by atoms with Crippen LogP contribution in [0.2, 0.25) is 5.02 Å². The zero-order valence-corrected chi connectivity index (χ0v) is 11.2. The lowest BCUT2D eigenvalue weighted by Crippen LogP contribution is -1.93. The zero-order valence-electron chi connectivity index (χ0n) is 9.66. The first kappa shape index (κ1) is 13.7. The fourth-order valence-corrected chi connectivity index (χ4v) is 1.85. The third-order valence-corrected chi connectivity index (χ3v) is 3.06. The SMILES string of the molecule is N#Cc1cc(CCl)ccc1Oc1cccc(Cl)c1F. The third-order valence-electron chi connectivity index (χ3n) is 2.45. The Labute approximate surface area is 119 Å². The Bertz CT molecular complexity index is 652. The van der Waals surface area contributed by atoms with E-state index in [1.165, 1.54) is 12.1 Å². The second kappa shape index (κ2) is 5.92. The Morgan fingerprint density at radius 2 is 2.00 bits per heavy atom. The molecule has 2 rings (SSSR count). The molecule has 0 saturated heterocycles. The number of rotatable bonds is 3. The van der Waals surface area contributed by atoms with Crippen molar-refractivity contribution >= 4 is 23.2 Å². The minimum atomic E-state index is -0.658. The highest BCUT2D eigenvalue weighted by Gasteiger charge is 2.11. The smallest absolute Gasteiger partial charge is 0.184 e. The first-order chi connectivity index (χ1) is 9.15. The van der Waals surface area contributed by atoms with E-state index in [2.05, 4.69) is 0 Å². The molecule has 19 heavy (non-hydrogen) atoms. The Balaban J connectivity index is 2.39. The highest BCUT2D eigenvalue weighted by Crippen LogP contribution is 2.31. The molecule has 0 fully saturated rings. The van der Waals surface area contributed by atoms with Crippen LogP contribution in [-0.4, -0.2) is 0 Å². The maximum absolute atomic E-state index is 13.7. The van der Waals surface area contributed by atoms with Crippen molar-refractivity contribution in [3.63, 3.8) is 0 Å². The minimum absolute atomic E-state index is 0.0253. The van der Waals surface area contributed by atoms with Crippen LogP contribution in [0.1, 0.15) is 11.1 Å². The molecule has 0 atom stereocenters. The Morgan fingerprint density at radius 1 is 1.21 bits per heavy atom. The Kier molecular flexibility index (Phi) is 4.26. The molecule has 0 N–H and O–H groups in total. The van der Waals surface area contributed by atoms with Crippen molar-refractivity contribution in [1.29, 1.82) is 5.26 Å². The van der Waals surface area contributed by atoms with Crippen molar-refractivity contribution in [3.05, 3.63) is 58.4 Å². The largest absolute Gasteiger partial charge is 0.453 e. The number of nitriles is 1. The van der Waals surface area contributed by atoms with Crippen molar-refractivity contribution in [2.75, 3.05) is 0 Å². The monoisotopic (exact) mass is 295 g/mol. The lowest BCUT2D eigenvalue weighted by molar-refractivity contribution is 0.441. The van der Waals surface area contributed by atoms with E-state index in [-0.39, 0.29) is 22.1 Å². The normalized spacial score (nSPS) is 10.0. The second-order valence-electron chi connectivity index (χ2n) is 3.73. The molecule has 2 aromatic carbocycles. The summed E-state index contributed by atoms with van der Waals surface area (Å²) < 4.78 is 19.1. The van der Waals surface area contributed by atoms with Crippen LogP contribution in [0.15, 0.2) is 36.4 Å². The Hall–Kier alpha value is -1.76. The van der Waals surface area contributed by atoms with Gasteiger partial charge in [-0.25, -0.2) is 4.39 Å². The van der Waals surface area contributed by atoms with Crippen LogP contribution >= 0.6 is 23.2 Å². The van der Waals surface area contributed by atoms with Crippen LogP contribution < -0.4 is 4.74 Å². The molecule has 0 heterocycles. The van der Waals surface area contributed by atoms with Crippen LogP contribution in [0.4, 0.5) is 4.39 Å². The van der Waals surface area contributed by atoms with Gasteiger partial charge in [0.25, 0.3) is 0 Å². The zero-order chi connectivity index (χ0) is 13.8. The number of hydrogen-bond donors (Lipinski definition) is 0. The molecule has 0 unspecified atom stereocenters. The number of nitrogens with zero attached hydrogens (tertiary/aromatic N) is 1. The predicted octanol–water partition coefficient (Wildman–Crippen LogP) is 4.88. The van der Waals surface area contributed by atoms with Gasteiger partial charge in [-0.1, -0.05) is 23.7 Å². The quantitative estimate of drug-likeness (QED) is 0.756. The van der Waals surface area contributed by atoms with Crippen molar-refractivity contribution in [2.45, 2.75) is 5.88 Å². The highest BCUT2D eigenvalue weighted by atomic mass is 35.5. The van der Waals surface area contributed by atoms with Gasteiger partial charge in [0.05, 0.1) is 10.6 Å². The minimum Gasteiger partial charge on any atom is -0.453 e. The lowest BCUT2D eigenvalue weighted by atomic mass is 10.1. The molecule has 0 amide bonds. The standard InChI is InChI=1S/C14H8Cl2FNO/c15-7-9-4-5-12(10(6-9)8-18)19-13-3-1-2-11(16)14(13)17/h1-6H,7H2. The summed E-state index contributed by atoms with van der Waals surface area (Å²) in [7, 11) is 0. The van der Waals surface area contributed by atoms with Gasteiger partial charge in [0, 0.05) is 5.88 Å².